The maximum absolute atomic E-state index is 12.7. The van der Waals surface area contributed by atoms with Gasteiger partial charge in [-0.2, -0.15) is 0 Å². The molecule has 4 aromatic rings. The Kier molecular flexibility index (Phi) is 6.69. The van der Waals surface area contributed by atoms with Crippen LogP contribution in [-0.2, 0) is 20.0 Å². The highest BCUT2D eigenvalue weighted by molar-refractivity contribution is 5.93. The second-order valence-electron chi connectivity index (χ2n) is 9.27. The summed E-state index contributed by atoms with van der Waals surface area (Å²) < 4.78 is 3.22. The van der Waals surface area contributed by atoms with Gasteiger partial charge in [-0.15, -0.1) is 0 Å². The van der Waals surface area contributed by atoms with Crippen LogP contribution in [0.25, 0.3) is 16.8 Å². The first-order valence-corrected chi connectivity index (χ1v) is 12.0. The number of aromatic nitrogens is 3. The van der Waals surface area contributed by atoms with Gasteiger partial charge in [0.2, 0.25) is 0 Å². The molecule has 0 radical (unpaired) electrons. The number of nitrogens with one attached hydrogen (secondary N) is 1. The number of carbonyl (C=O) groups is 1. The second kappa shape index (κ2) is 10.1. The number of amides is 1. The van der Waals surface area contributed by atoms with E-state index in [1.807, 2.05) is 30.5 Å². The summed E-state index contributed by atoms with van der Waals surface area (Å²) in [5.41, 5.74) is 4.83. The van der Waals surface area contributed by atoms with E-state index in [2.05, 4.69) is 27.3 Å². The molecule has 1 aliphatic rings. The van der Waals surface area contributed by atoms with E-state index in [0.29, 0.717) is 12.2 Å². The Morgan fingerprint density at radius 1 is 1.06 bits per heavy atom. The first kappa shape index (κ1) is 23.9. The molecule has 1 aliphatic heterocycles. The van der Waals surface area contributed by atoms with Crippen LogP contribution in [0.3, 0.4) is 0 Å². The Morgan fingerprint density at radius 3 is 2.67 bits per heavy atom. The molecule has 9 nitrogen and oxygen atoms in total. The van der Waals surface area contributed by atoms with Gasteiger partial charge < -0.3 is 24.5 Å². The van der Waals surface area contributed by atoms with E-state index in [1.54, 1.807) is 36.0 Å². The molecule has 0 fully saturated rings. The summed E-state index contributed by atoms with van der Waals surface area (Å²) >= 11 is 0. The number of imidazole rings is 1. The zero-order valence-electron chi connectivity index (χ0n) is 20.0. The number of rotatable bonds is 7. The summed E-state index contributed by atoms with van der Waals surface area (Å²) in [6.45, 7) is 1.78. The molecule has 0 unspecified atom stereocenters. The predicted octanol–water partition coefficient (Wildman–Crippen LogP) is 1.21. The van der Waals surface area contributed by atoms with Crippen molar-refractivity contribution in [1.29, 1.82) is 0 Å². The molecule has 3 aromatic heterocycles. The SMILES string of the molecule is Cn1ccc(-c2ccc3nc(C(=O)NC[C@H](O)[C@@H](O)CN4CCc5ccccc5C4)cn3c2)cc1=O. The summed E-state index contributed by atoms with van der Waals surface area (Å²) in [6.07, 6.45) is 3.94. The largest absolute Gasteiger partial charge is 0.389 e. The van der Waals surface area contributed by atoms with E-state index < -0.39 is 18.1 Å². The molecule has 0 bridgehead atoms. The Labute approximate surface area is 208 Å². The molecule has 0 saturated carbocycles. The van der Waals surface area contributed by atoms with Crippen LogP contribution < -0.4 is 10.9 Å². The highest BCUT2D eigenvalue weighted by Crippen LogP contribution is 2.20. The molecule has 0 aliphatic carbocycles. The quantitative estimate of drug-likeness (QED) is 0.361. The smallest absolute Gasteiger partial charge is 0.271 e. The van der Waals surface area contributed by atoms with Crippen LogP contribution in [0.4, 0.5) is 0 Å². The van der Waals surface area contributed by atoms with Crippen LogP contribution >= 0.6 is 0 Å². The zero-order chi connectivity index (χ0) is 25.2. The van der Waals surface area contributed by atoms with Crippen molar-refractivity contribution < 1.29 is 15.0 Å². The summed E-state index contributed by atoms with van der Waals surface area (Å²) in [5, 5.41) is 23.6. The first-order valence-electron chi connectivity index (χ1n) is 12.0. The van der Waals surface area contributed by atoms with Crippen molar-refractivity contribution >= 4 is 11.6 Å². The average Bonchev–Trinajstić information content (AvgIpc) is 3.32. The van der Waals surface area contributed by atoms with Crippen molar-refractivity contribution in [1.82, 2.24) is 24.2 Å². The standard InChI is InChI=1S/C27H29N5O4/c1-30-10-8-19(12-26(30)35)21-6-7-25-29-22(16-32(25)15-21)27(36)28-13-23(33)24(34)17-31-11-9-18-4-2-3-5-20(18)14-31/h2-8,10,12,15-16,23-24,33-34H,9,11,13-14,17H2,1H3,(H,28,36)/t23-,24-/m0/s1. The minimum atomic E-state index is -1.10. The predicted molar refractivity (Wildman–Crippen MR) is 136 cm³/mol. The van der Waals surface area contributed by atoms with Crippen molar-refractivity contribution in [3.05, 3.63) is 94.3 Å². The number of aryl methyl sites for hydroxylation is 1. The van der Waals surface area contributed by atoms with Gasteiger partial charge in [-0.25, -0.2) is 4.98 Å². The molecule has 0 spiro atoms. The number of β-amino-alcohol motifs (C(OH)–C–C–N with tert-alkyl or cyclic N) is 1. The van der Waals surface area contributed by atoms with E-state index in [4.69, 9.17) is 0 Å². The van der Waals surface area contributed by atoms with Crippen LogP contribution in [0.2, 0.25) is 0 Å². The van der Waals surface area contributed by atoms with E-state index in [0.717, 1.165) is 30.6 Å². The van der Waals surface area contributed by atoms with Crippen LogP contribution in [0.1, 0.15) is 21.6 Å². The monoisotopic (exact) mass is 487 g/mol. The van der Waals surface area contributed by atoms with Crippen molar-refractivity contribution in [2.75, 3.05) is 19.6 Å². The van der Waals surface area contributed by atoms with Crippen LogP contribution in [0.15, 0.2) is 71.9 Å². The molecular weight excluding hydrogens is 458 g/mol. The van der Waals surface area contributed by atoms with Gasteiger partial charge in [-0.05, 0) is 46.9 Å². The molecule has 0 saturated heterocycles. The van der Waals surface area contributed by atoms with Crippen molar-refractivity contribution in [2.24, 2.45) is 7.05 Å². The fraction of sp³-hybridized carbons (Fsp3) is 0.296. The number of hydrogen-bond acceptors (Lipinski definition) is 6. The van der Waals surface area contributed by atoms with Crippen LogP contribution in [0, 0.1) is 0 Å². The maximum atomic E-state index is 12.7. The summed E-state index contributed by atoms with van der Waals surface area (Å²) in [6, 6.07) is 15.3. The van der Waals surface area contributed by atoms with Crippen LogP contribution in [0.5, 0.6) is 0 Å². The fourth-order valence-electron chi connectivity index (χ4n) is 4.52. The average molecular weight is 488 g/mol. The Hall–Kier alpha value is -3.79. The Balaban J connectivity index is 1.18. The number of aliphatic hydroxyl groups is 2. The maximum Gasteiger partial charge on any atom is 0.271 e. The minimum absolute atomic E-state index is 0.0864. The molecule has 1 amide bonds. The number of fused-ring (bicyclic) bond motifs is 2. The lowest BCUT2D eigenvalue weighted by Crippen LogP contribution is -2.45. The minimum Gasteiger partial charge on any atom is -0.389 e. The van der Waals surface area contributed by atoms with Gasteiger partial charge in [0.1, 0.15) is 11.3 Å². The summed E-state index contributed by atoms with van der Waals surface area (Å²) in [7, 11) is 1.69. The van der Waals surface area contributed by atoms with Crippen molar-refractivity contribution in [2.45, 2.75) is 25.2 Å². The first-order chi connectivity index (χ1) is 17.4. The number of carbonyl (C=O) groups excluding carboxylic acids is 1. The molecule has 9 heteroatoms. The molecule has 1 aromatic carbocycles. The third kappa shape index (κ3) is 5.08. The fourth-order valence-corrected chi connectivity index (χ4v) is 4.52. The van der Waals surface area contributed by atoms with Gasteiger partial charge >= 0.3 is 0 Å². The Morgan fingerprint density at radius 2 is 1.86 bits per heavy atom. The molecule has 3 N–H and O–H groups in total. The molecule has 36 heavy (non-hydrogen) atoms. The van der Waals surface area contributed by atoms with Crippen molar-refractivity contribution in [3.63, 3.8) is 0 Å². The number of hydrogen-bond donors (Lipinski definition) is 3. The number of pyridine rings is 2. The molecular formula is C27H29N5O4. The van der Waals surface area contributed by atoms with Gasteiger partial charge in [0, 0.05) is 57.9 Å². The van der Waals surface area contributed by atoms with E-state index in [9.17, 15) is 19.8 Å². The van der Waals surface area contributed by atoms with Gasteiger partial charge in [-0.1, -0.05) is 24.3 Å². The normalized spacial score (nSPS) is 15.4. The number of nitrogens with zero attached hydrogens (tertiary/aromatic N) is 4. The third-order valence-electron chi connectivity index (χ3n) is 6.69. The van der Waals surface area contributed by atoms with Gasteiger partial charge in [0.15, 0.2) is 0 Å². The Bertz CT molecular complexity index is 1460. The topological polar surface area (TPSA) is 112 Å². The second-order valence-corrected chi connectivity index (χ2v) is 9.27. The third-order valence-corrected chi connectivity index (χ3v) is 6.69. The van der Waals surface area contributed by atoms with Gasteiger partial charge in [0.25, 0.3) is 11.5 Å². The molecule has 186 valence electrons. The molecule has 4 heterocycles. The van der Waals surface area contributed by atoms with E-state index in [-0.39, 0.29) is 17.8 Å². The highest BCUT2D eigenvalue weighted by Gasteiger charge is 2.23. The number of benzene rings is 1. The van der Waals surface area contributed by atoms with E-state index in [1.165, 1.54) is 15.7 Å². The number of aliphatic hydroxyl groups excluding tert-OH is 2. The lowest BCUT2D eigenvalue weighted by molar-refractivity contribution is -0.00343. The lowest BCUT2D eigenvalue weighted by Gasteiger charge is -2.31. The zero-order valence-corrected chi connectivity index (χ0v) is 20.0. The lowest BCUT2D eigenvalue weighted by atomic mass is 9.99. The van der Waals surface area contributed by atoms with Gasteiger partial charge in [0.05, 0.1) is 12.2 Å². The van der Waals surface area contributed by atoms with Gasteiger partial charge in [-0.3, -0.25) is 14.5 Å². The van der Waals surface area contributed by atoms with Crippen LogP contribution in [-0.4, -0.2) is 66.8 Å². The molecule has 5 rings (SSSR count). The van der Waals surface area contributed by atoms with E-state index >= 15 is 0 Å². The summed E-state index contributed by atoms with van der Waals surface area (Å²) in [4.78, 5) is 31.1. The highest BCUT2D eigenvalue weighted by atomic mass is 16.3. The molecule has 2 atom stereocenters. The van der Waals surface area contributed by atoms with Crippen molar-refractivity contribution in [3.8, 4) is 11.1 Å². The summed E-state index contributed by atoms with van der Waals surface area (Å²) in [5.74, 6) is -0.438.